The number of rotatable bonds is 11. The van der Waals surface area contributed by atoms with Gasteiger partial charge in [-0.25, -0.2) is 4.39 Å². The monoisotopic (exact) mass is 432 g/mol. The fraction of sp³-hybridized carbons (Fsp3) is 0.933. The van der Waals surface area contributed by atoms with Crippen molar-refractivity contribution < 1.29 is 4.39 Å². The fourth-order valence-corrected chi connectivity index (χ4v) is 7.30. The van der Waals surface area contributed by atoms with Gasteiger partial charge in [-0.1, -0.05) is 64.5 Å². The van der Waals surface area contributed by atoms with Gasteiger partial charge in [0.15, 0.2) is 0 Å². The van der Waals surface area contributed by atoms with Crippen molar-refractivity contribution in [2.75, 3.05) is 0 Å². The second kappa shape index (κ2) is 14.0. The number of halogens is 1. The minimum absolute atomic E-state index is 0.601. The molecule has 0 saturated heterocycles. The maximum Gasteiger partial charge on any atom is 0.100 e. The Morgan fingerprint density at radius 2 is 1.23 bits per heavy atom. The Morgan fingerprint density at radius 1 is 0.710 bits per heavy atom. The van der Waals surface area contributed by atoms with E-state index in [1.165, 1.54) is 89.9 Å². The summed E-state index contributed by atoms with van der Waals surface area (Å²) < 4.78 is 13.3. The van der Waals surface area contributed by atoms with E-state index in [1.54, 1.807) is 12.8 Å². The van der Waals surface area contributed by atoms with Crippen molar-refractivity contribution in [1.29, 1.82) is 0 Å². The van der Waals surface area contributed by atoms with E-state index in [4.69, 9.17) is 0 Å². The summed E-state index contributed by atoms with van der Waals surface area (Å²) in [6.45, 7) is 4.28. The molecule has 0 radical (unpaired) electrons. The van der Waals surface area contributed by atoms with Crippen LogP contribution in [0, 0.1) is 35.5 Å². The summed E-state index contributed by atoms with van der Waals surface area (Å²) in [5.74, 6) is 6.02. The van der Waals surface area contributed by atoms with Crippen LogP contribution in [0.2, 0.25) is 0 Å². The molecule has 0 aromatic rings. The molecule has 1 unspecified atom stereocenters. The quantitative estimate of drug-likeness (QED) is 0.225. The van der Waals surface area contributed by atoms with Gasteiger partial charge in [0, 0.05) is 0 Å². The summed E-state index contributed by atoms with van der Waals surface area (Å²) >= 11 is 0. The van der Waals surface area contributed by atoms with E-state index in [1.807, 2.05) is 6.92 Å². The predicted molar refractivity (Wildman–Crippen MR) is 134 cm³/mol. The molecule has 0 spiro atoms. The average molecular weight is 433 g/mol. The molecule has 1 atom stereocenters. The first-order valence-corrected chi connectivity index (χ1v) is 14.5. The van der Waals surface area contributed by atoms with Gasteiger partial charge in [0.2, 0.25) is 0 Å². The number of hydrogen-bond acceptors (Lipinski definition) is 0. The second-order valence-corrected chi connectivity index (χ2v) is 11.6. The van der Waals surface area contributed by atoms with Crippen molar-refractivity contribution >= 4 is 0 Å². The van der Waals surface area contributed by atoms with Gasteiger partial charge in [0.1, 0.15) is 6.17 Å². The smallest absolute Gasteiger partial charge is 0.100 e. The Kier molecular flexibility index (Phi) is 11.5. The first-order chi connectivity index (χ1) is 15.2. The zero-order valence-electron chi connectivity index (χ0n) is 21.0. The second-order valence-electron chi connectivity index (χ2n) is 11.6. The van der Waals surface area contributed by atoms with Crippen molar-refractivity contribution in [1.82, 2.24) is 0 Å². The van der Waals surface area contributed by atoms with Crippen LogP contribution in [0.25, 0.3) is 0 Å². The Balaban J connectivity index is 1.28. The summed E-state index contributed by atoms with van der Waals surface area (Å²) in [4.78, 5) is 0. The van der Waals surface area contributed by atoms with Gasteiger partial charge in [0.25, 0.3) is 0 Å². The molecule has 0 aromatic heterocycles. The lowest BCUT2D eigenvalue weighted by atomic mass is 9.65. The Hall–Kier alpha value is -0.330. The van der Waals surface area contributed by atoms with Crippen LogP contribution in [0.4, 0.5) is 4.39 Å². The zero-order chi connectivity index (χ0) is 21.9. The van der Waals surface area contributed by atoms with Gasteiger partial charge < -0.3 is 0 Å². The molecule has 180 valence electrons. The highest BCUT2D eigenvalue weighted by atomic mass is 19.1. The summed E-state index contributed by atoms with van der Waals surface area (Å²) in [5.41, 5.74) is 0. The van der Waals surface area contributed by atoms with Crippen molar-refractivity contribution in [3.8, 4) is 0 Å². The SMILES string of the molecule is CCCCC[C@H]1CC[C@H]([C@H]2CC[C@H]([C@H]3CC[C@H](C=CCCC(F)CC)CC3)CC2)CC1. The minimum atomic E-state index is -0.601. The molecule has 3 aliphatic rings. The molecule has 0 aliphatic heterocycles. The van der Waals surface area contributed by atoms with Crippen LogP contribution in [0.15, 0.2) is 12.2 Å². The topological polar surface area (TPSA) is 0 Å². The molecule has 0 N–H and O–H groups in total. The summed E-state index contributed by atoms with van der Waals surface area (Å²) in [5, 5.41) is 0. The highest BCUT2D eigenvalue weighted by molar-refractivity contribution is 4.93. The van der Waals surface area contributed by atoms with E-state index in [0.29, 0.717) is 12.8 Å². The lowest BCUT2D eigenvalue weighted by molar-refractivity contribution is 0.107. The largest absolute Gasteiger partial charge is 0.247 e. The van der Waals surface area contributed by atoms with Gasteiger partial charge in [-0.15, -0.1) is 0 Å². The van der Waals surface area contributed by atoms with E-state index in [0.717, 1.165) is 41.9 Å². The highest BCUT2D eigenvalue weighted by Crippen LogP contribution is 2.46. The normalized spacial score (nSPS) is 36.0. The molecule has 3 aliphatic carbocycles. The van der Waals surface area contributed by atoms with Crippen LogP contribution in [0.1, 0.15) is 136 Å². The van der Waals surface area contributed by atoms with E-state index in [2.05, 4.69) is 19.1 Å². The number of unbranched alkanes of at least 4 members (excludes halogenated alkanes) is 2. The molecule has 0 nitrogen and oxygen atoms in total. The maximum absolute atomic E-state index is 13.3. The van der Waals surface area contributed by atoms with Crippen molar-refractivity contribution in [2.45, 2.75) is 142 Å². The number of allylic oxidation sites excluding steroid dienone is 2. The standard InChI is InChI=1S/C30H53F/c1-3-5-6-9-24-12-16-26(17-13-24)28-20-22-29(23-21-28)27-18-14-25(15-19-27)10-7-8-11-30(31)4-2/h7,10,24-30H,3-6,8-9,11-23H2,1-2H3/t24-,25-,26-,27-,28-,29-,30?. The van der Waals surface area contributed by atoms with Gasteiger partial charge in [0.05, 0.1) is 0 Å². The van der Waals surface area contributed by atoms with Gasteiger partial charge in [-0.2, -0.15) is 0 Å². The van der Waals surface area contributed by atoms with E-state index in [9.17, 15) is 4.39 Å². The third-order valence-electron chi connectivity index (χ3n) is 9.57. The molecular weight excluding hydrogens is 379 g/mol. The molecule has 0 heterocycles. The lowest BCUT2D eigenvalue weighted by Crippen LogP contribution is -2.29. The molecule has 0 aromatic carbocycles. The van der Waals surface area contributed by atoms with Crippen molar-refractivity contribution in [3.05, 3.63) is 12.2 Å². The maximum atomic E-state index is 13.3. The highest BCUT2D eigenvalue weighted by Gasteiger charge is 2.34. The molecule has 31 heavy (non-hydrogen) atoms. The molecule has 0 bridgehead atoms. The molecular formula is C30H53F. The summed E-state index contributed by atoms with van der Waals surface area (Å²) in [7, 11) is 0. The molecule has 1 heteroatoms. The van der Waals surface area contributed by atoms with Crippen LogP contribution in [-0.4, -0.2) is 6.17 Å². The first kappa shape index (κ1) is 25.3. The lowest BCUT2D eigenvalue weighted by Gasteiger charge is -2.41. The van der Waals surface area contributed by atoms with E-state index < -0.39 is 6.17 Å². The molecule has 3 fully saturated rings. The molecule has 3 saturated carbocycles. The minimum Gasteiger partial charge on any atom is -0.247 e. The van der Waals surface area contributed by atoms with Crippen LogP contribution < -0.4 is 0 Å². The van der Waals surface area contributed by atoms with E-state index >= 15 is 0 Å². The van der Waals surface area contributed by atoms with Crippen LogP contribution in [0.5, 0.6) is 0 Å². The average Bonchev–Trinajstić information content (AvgIpc) is 2.83. The van der Waals surface area contributed by atoms with Crippen LogP contribution >= 0.6 is 0 Å². The van der Waals surface area contributed by atoms with Crippen LogP contribution in [0.3, 0.4) is 0 Å². The van der Waals surface area contributed by atoms with Crippen molar-refractivity contribution in [3.63, 3.8) is 0 Å². The Morgan fingerprint density at radius 3 is 1.74 bits per heavy atom. The van der Waals surface area contributed by atoms with E-state index in [-0.39, 0.29) is 0 Å². The zero-order valence-corrected chi connectivity index (χ0v) is 21.0. The van der Waals surface area contributed by atoms with Crippen LogP contribution in [-0.2, 0) is 0 Å². The molecule has 0 amide bonds. The predicted octanol–water partition coefficient (Wildman–Crippen LogP) is 10.1. The van der Waals surface area contributed by atoms with Gasteiger partial charge in [-0.3, -0.25) is 0 Å². The molecule has 3 rings (SSSR count). The van der Waals surface area contributed by atoms with Crippen molar-refractivity contribution in [2.24, 2.45) is 35.5 Å². The number of hydrogen-bond donors (Lipinski definition) is 0. The Labute approximate surface area is 194 Å². The third kappa shape index (κ3) is 8.51. The van der Waals surface area contributed by atoms with Gasteiger partial charge >= 0.3 is 0 Å². The first-order valence-electron chi connectivity index (χ1n) is 14.5. The Bertz CT molecular complexity index is 473. The fourth-order valence-electron chi connectivity index (χ4n) is 7.30. The summed E-state index contributed by atoms with van der Waals surface area (Å²) in [6.07, 6.45) is 30.2. The van der Waals surface area contributed by atoms with Gasteiger partial charge in [-0.05, 0) is 119 Å². The summed E-state index contributed by atoms with van der Waals surface area (Å²) in [6, 6.07) is 0. The number of alkyl halides is 1. The third-order valence-corrected chi connectivity index (χ3v) is 9.57.